The standard InChI is InChI=1S/C13H18ClNO3/c1-13(6-17-7-13)8-18-12-3-2-9(4-10(12)14)11(16)5-15/h2-4,11,16H,5-8,15H2,1H3. The Hall–Kier alpha value is -0.810. The monoisotopic (exact) mass is 271 g/mol. The molecular formula is C13H18ClNO3. The number of nitrogens with two attached hydrogens (primary N) is 1. The predicted octanol–water partition coefficient (Wildman–Crippen LogP) is 1.75. The fourth-order valence-corrected chi connectivity index (χ4v) is 2.01. The summed E-state index contributed by atoms with van der Waals surface area (Å²) in [6.07, 6.45) is -0.686. The van der Waals surface area contributed by atoms with E-state index in [2.05, 4.69) is 6.92 Å². The Morgan fingerprint density at radius 3 is 2.78 bits per heavy atom. The van der Waals surface area contributed by atoms with Crippen LogP contribution in [0.2, 0.25) is 5.02 Å². The Morgan fingerprint density at radius 1 is 1.56 bits per heavy atom. The fraction of sp³-hybridized carbons (Fsp3) is 0.538. The Morgan fingerprint density at radius 2 is 2.28 bits per heavy atom. The van der Waals surface area contributed by atoms with Gasteiger partial charge in [-0.1, -0.05) is 24.6 Å². The van der Waals surface area contributed by atoms with Gasteiger partial charge in [0.05, 0.1) is 30.9 Å². The van der Waals surface area contributed by atoms with Gasteiger partial charge in [-0.3, -0.25) is 0 Å². The molecule has 1 aromatic carbocycles. The minimum Gasteiger partial charge on any atom is -0.491 e. The van der Waals surface area contributed by atoms with Crippen molar-refractivity contribution in [3.05, 3.63) is 28.8 Å². The molecule has 0 aromatic heterocycles. The van der Waals surface area contributed by atoms with Gasteiger partial charge in [0.1, 0.15) is 5.75 Å². The van der Waals surface area contributed by atoms with Crippen molar-refractivity contribution in [2.75, 3.05) is 26.4 Å². The smallest absolute Gasteiger partial charge is 0.137 e. The van der Waals surface area contributed by atoms with Crippen molar-refractivity contribution in [2.24, 2.45) is 11.1 Å². The minimum atomic E-state index is -0.686. The van der Waals surface area contributed by atoms with Crippen LogP contribution in [0.25, 0.3) is 0 Å². The van der Waals surface area contributed by atoms with Crippen molar-refractivity contribution in [1.82, 2.24) is 0 Å². The molecule has 1 aliphatic rings. The molecule has 1 fully saturated rings. The summed E-state index contributed by atoms with van der Waals surface area (Å²) in [4.78, 5) is 0. The lowest BCUT2D eigenvalue weighted by Gasteiger charge is -2.37. The van der Waals surface area contributed by atoms with E-state index in [9.17, 15) is 5.11 Å². The zero-order chi connectivity index (χ0) is 13.2. The average molecular weight is 272 g/mol. The first-order valence-corrected chi connectivity index (χ1v) is 6.30. The van der Waals surface area contributed by atoms with Gasteiger partial charge in [0.2, 0.25) is 0 Å². The highest BCUT2D eigenvalue weighted by Crippen LogP contribution is 2.31. The van der Waals surface area contributed by atoms with Crippen LogP contribution in [0.1, 0.15) is 18.6 Å². The van der Waals surface area contributed by atoms with Gasteiger partial charge in [0, 0.05) is 12.0 Å². The van der Waals surface area contributed by atoms with Gasteiger partial charge in [-0.2, -0.15) is 0 Å². The average Bonchev–Trinajstić information content (AvgIpc) is 2.34. The predicted molar refractivity (Wildman–Crippen MR) is 69.9 cm³/mol. The highest BCUT2D eigenvalue weighted by molar-refractivity contribution is 6.32. The molecule has 4 nitrogen and oxygen atoms in total. The van der Waals surface area contributed by atoms with Gasteiger partial charge >= 0.3 is 0 Å². The van der Waals surface area contributed by atoms with E-state index in [0.717, 1.165) is 0 Å². The normalized spacial score (nSPS) is 19.1. The topological polar surface area (TPSA) is 64.7 Å². The third-order valence-electron chi connectivity index (χ3n) is 3.04. The lowest BCUT2D eigenvalue weighted by Crippen LogP contribution is -2.44. The van der Waals surface area contributed by atoms with Crippen molar-refractivity contribution in [1.29, 1.82) is 0 Å². The maximum Gasteiger partial charge on any atom is 0.137 e. The molecule has 0 aliphatic carbocycles. The van der Waals surface area contributed by atoms with E-state index in [1.54, 1.807) is 18.2 Å². The number of aliphatic hydroxyl groups excluding tert-OH is 1. The number of halogens is 1. The summed E-state index contributed by atoms with van der Waals surface area (Å²) in [5.74, 6) is 0.623. The summed E-state index contributed by atoms with van der Waals surface area (Å²) in [5.41, 5.74) is 6.18. The number of hydrogen-bond donors (Lipinski definition) is 2. The van der Waals surface area contributed by atoms with Crippen molar-refractivity contribution in [3.8, 4) is 5.75 Å². The zero-order valence-corrected chi connectivity index (χ0v) is 11.1. The number of benzene rings is 1. The van der Waals surface area contributed by atoms with Gasteiger partial charge in [0.25, 0.3) is 0 Å². The van der Waals surface area contributed by atoms with Crippen LogP contribution >= 0.6 is 11.6 Å². The molecular weight excluding hydrogens is 254 g/mol. The quantitative estimate of drug-likeness (QED) is 0.856. The van der Waals surface area contributed by atoms with Gasteiger partial charge in [-0.25, -0.2) is 0 Å². The van der Waals surface area contributed by atoms with Crippen LogP contribution in [0.15, 0.2) is 18.2 Å². The van der Waals surface area contributed by atoms with Crippen molar-refractivity contribution in [3.63, 3.8) is 0 Å². The Kier molecular flexibility index (Phi) is 4.12. The molecule has 0 spiro atoms. The molecule has 0 saturated carbocycles. The highest BCUT2D eigenvalue weighted by Gasteiger charge is 2.34. The van der Waals surface area contributed by atoms with Crippen LogP contribution in [0, 0.1) is 5.41 Å². The van der Waals surface area contributed by atoms with E-state index in [4.69, 9.17) is 26.8 Å². The molecule has 1 atom stereocenters. The fourth-order valence-electron chi connectivity index (χ4n) is 1.76. The molecule has 1 saturated heterocycles. The molecule has 0 radical (unpaired) electrons. The van der Waals surface area contributed by atoms with Crippen LogP contribution in [-0.2, 0) is 4.74 Å². The summed E-state index contributed by atoms with van der Waals surface area (Å²) in [6, 6.07) is 5.23. The first-order valence-electron chi connectivity index (χ1n) is 5.92. The Balaban J connectivity index is 2.01. The number of hydrogen-bond acceptors (Lipinski definition) is 4. The molecule has 1 heterocycles. The summed E-state index contributed by atoms with van der Waals surface area (Å²) < 4.78 is 10.8. The molecule has 1 aliphatic heterocycles. The van der Waals surface area contributed by atoms with Crippen molar-refractivity contribution >= 4 is 11.6 Å². The van der Waals surface area contributed by atoms with Gasteiger partial charge in [0.15, 0.2) is 0 Å². The second-order valence-corrected chi connectivity index (χ2v) is 5.44. The molecule has 1 unspecified atom stereocenters. The number of ether oxygens (including phenoxy) is 2. The molecule has 0 bridgehead atoms. The maximum atomic E-state index is 9.61. The van der Waals surface area contributed by atoms with E-state index in [-0.39, 0.29) is 12.0 Å². The third kappa shape index (κ3) is 2.95. The van der Waals surface area contributed by atoms with Crippen molar-refractivity contribution in [2.45, 2.75) is 13.0 Å². The lowest BCUT2D eigenvalue weighted by molar-refractivity contribution is -0.120. The van der Waals surface area contributed by atoms with Gasteiger partial charge < -0.3 is 20.3 Å². The first kappa shape index (κ1) is 13.6. The minimum absolute atomic E-state index is 0.0821. The largest absolute Gasteiger partial charge is 0.491 e. The Labute approximate surface area is 112 Å². The SMILES string of the molecule is CC1(COc2ccc(C(O)CN)cc2Cl)COC1. The van der Waals surface area contributed by atoms with Crippen LogP contribution in [0.5, 0.6) is 5.75 Å². The van der Waals surface area contributed by atoms with Gasteiger partial charge in [-0.05, 0) is 17.7 Å². The second kappa shape index (κ2) is 5.45. The Bertz CT molecular complexity index is 421. The lowest BCUT2D eigenvalue weighted by atomic mass is 9.90. The molecule has 5 heteroatoms. The summed E-state index contributed by atoms with van der Waals surface area (Å²) in [6.45, 7) is 4.29. The van der Waals surface area contributed by atoms with E-state index in [0.29, 0.717) is 36.2 Å². The van der Waals surface area contributed by atoms with Crippen LogP contribution in [0.4, 0.5) is 0 Å². The zero-order valence-electron chi connectivity index (χ0n) is 10.4. The third-order valence-corrected chi connectivity index (χ3v) is 3.34. The van der Waals surface area contributed by atoms with E-state index in [1.807, 2.05) is 0 Å². The van der Waals surface area contributed by atoms with Crippen LogP contribution in [0.3, 0.4) is 0 Å². The first-order chi connectivity index (χ1) is 8.54. The highest BCUT2D eigenvalue weighted by atomic mass is 35.5. The molecule has 0 amide bonds. The second-order valence-electron chi connectivity index (χ2n) is 5.03. The summed E-state index contributed by atoms with van der Waals surface area (Å²) >= 11 is 6.11. The van der Waals surface area contributed by atoms with Crippen molar-refractivity contribution < 1.29 is 14.6 Å². The van der Waals surface area contributed by atoms with E-state index >= 15 is 0 Å². The van der Waals surface area contributed by atoms with E-state index in [1.165, 1.54) is 0 Å². The number of rotatable bonds is 5. The molecule has 1 aromatic rings. The maximum absolute atomic E-state index is 9.61. The molecule has 18 heavy (non-hydrogen) atoms. The molecule has 3 N–H and O–H groups in total. The number of aliphatic hydroxyl groups is 1. The summed E-state index contributed by atoms with van der Waals surface area (Å²) in [5, 5.41) is 10.1. The van der Waals surface area contributed by atoms with Gasteiger partial charge in [-0.15, -0.1) is 0 Å². The summed E-state index contributed by atoms with van der Waals surface area (Å²) in [7, 11) is 0. The van der Waals surface area contributed by atoms with Crippen LogP contribution < -0.4 is 10.5 Å². The van der Waals surface area contributed by atoms with E-state index < -0.39 is 6.10 Å². The molecule has 2 rings (SSSR count). The molecule has 100 valence electrons. The van der Waals surface area contributed by atoms with Crippen LogP contribution in [-0.4, -0.2) is 31.5 Å².